The monoisotopic (exact) mass is 266 g/mol. The van der Waals surface area contributed by atoms with Crippen molar-refractivity contribution in [2.24, 2.45) is 23.2 Å². The van der Waals surface area contributed by atoms with Crippen molar-refractivity contribution >= 4 is 5.97 Å². The van der Waals surface area contributed by atoms with Gasteiger partial charge in [0.25, 0.3) is 0 Å². The van der Waals surface area contributed by atoms with Gasteiger partial charge in [-0.15, -0.1) is 0 Å². The van der Waals surface area contributed by atoms with Crippen LogP contribution in [0.1, 0.15) is 41.0 Å². The van der Waals surface area contributed by atoms with Gasteiger partial charge in [0.1, 0.15) is 0 Å². The van der Waals surface area contributed by atoms with Crippen molar-refractivity contribution in [1.29, 1.82) is 0 Å². The van der Waals surface area contributed by atoms with Crippen LogP contribution in [0.2, 0.25) is 0 Å². The molecule has 2 bridgehead atoms. The number of ether oxygens (including phenoxy) is 2. The molecule has 0 aromatic rings. The number of esters is 1. The maximum Gasteiger partial charge on any atom is 0.302 e. The first-order valence-electron chi connectivity index (χ1n) is 7.35. The molecular formula is C16H26O3. The van der Waals surface area contributed by atoms with Crippen molar-refractivity contribution in [3.8, 4) is 0 Å². The summed E-state index contributed by atoms with van der Waals surface area (Å²) in [6, 6.07) is 0. The Balaban J connectivity index is 2.31. The highest BCUT2D eigenvalue weighted by Crippen LogP contribution is 2.53. The van der Waals surface area contributed by atoms with E-state index in [0.717, 1.165) is 6.42 Å². The quantitative estimate of drug-likeness (QED) is 0.581. The summed E-state index contributed by atoms with van der Waals surface area (Å²) in [6.07, 6.45) is 3.71. The van der Waals surface area contributed by atoms with Crippen LogP contribution in [0.4, 0.5) is 0 Å². The van der Waals surface area contributed by atoms with Crippen molar-refractivity contribution < 1.29 is 14.3 Å². The van der Waals surface area contributed by atoms with Crippen molar-refractivity contribution in [3.05, 3.63) is 11.6 Å². The first kappa shape index (κ1) is 14.6. The van der Waals surface area contributed by atoms with Crippen molar-refractivity contribution in [3.63, 3.8) is 0 Å². The Morgan fingerprint density at radius 1 is 1.53 bits per heavy atom. The van der Waals surface area contributed by atoms with E-state index in [9.17, 15) is 4.79 Å². The van der Waals surface area contributed by atoms with E-state index in [4.69, 9.17) is 9.47 Å². The summed E-state index contributed by atoms with van der Waals surface area (Å²) >= 11 is 0. The standard InChI is InChI=1S/C16H26O3/c1-6-14-15-10(2)7-11(3)16(9-19-14,12(15)4)8-18-13(5)17/h7,11-12,14-15H,6,8-9H2,1-5H3/t11-,12+,14-,15-,16-/m1/s1. The molecule has 5 atom stereocenters. The van der Waals surface area contributed by atoms with E-state index in [1.807, 2.05) is 0 Å². The summed E-state index contributed by atoms with van der Waals surface area (Å²) in [4.78, 5) is 11.2. The summed E-state index contributed by atoms with van der Waals surface area (Å²) < 4.78 is 11.5. The summed E-state index contributed by atoms with van der Waals surface area (Å²) in [5.74, 6) is 1.14. The van der Waals surface area contributed by atoms with Gasteiger partial charge in [-0.2, -0.15) is 0 Å². The zero-order valence-electron chi connectivity index (χ0n) is 12.7. The smallest absolute Gasteiger partial charge is 0.302 e. The SMILES string of the molecule is CC[C@H]1OC[C@]2(COC(C)=O)[C@H](C)C=C(C)[C@@H]1[C@@H]2C. The van der Waals surface area contributed by atoms with E-state index in [1.54, 1.807) is 0 Å². The van der Waals surface area contributed by atoms with Crippen LogP contribution in [0, 0.1) is 23.2 Å². The minimum absolute atomic E-state index is 0.0541. The average Bonchev–Trinajstić information content (AvgIpc) is 2.34. The fourth-order valence-corrected chi connectivity index (χ4v) is 3.99. The van der Waals surface area contributed by atoms with E-state index in [0.29, 0.717) is 37.1 Å². The number of fused-ring (bicyclic) bond motifs is 2. The van der Waals surface area contributed by atoms with Crippen LogP contribution in [-0.2, 0) is 14.3 Å². The Morgan fingerprint density at radius 3 is 2.79 bits per heavy atom. The zero-order chi connectivity index (χ0) is 14.2. The Kier molecular flexibility index (Phi) is 4.05. The van der Waals surface area contributed by atoms with Gasteiger partial charge in [0.15, 0.2) is 0 Å². The van der Waals surface area contributed by atoms with Gasteiger partial charge in [0, 0.05) is 18.3 Å². The van der Waals surface area contributed by atoms with Crippen LogP contribution >= 0.6 is 0 Å². The minimum Gasteiger partial charge on any atom is -0.465 e. The zero-order valence-corrected chi connectivity index (χ0v) is 12.7. The Labute approximate surface area is 116 Å². The number of rotatable bonds is 3. The third-order valence-corrected chi connectivity index (χ3v) is 5.30. The normalized spacial score (nSPS) is 41.6. The highest BCUT2D eigenvalue weighted by atomic mass is 16.5. The fraction of sp³-hybridized carbons (Fsp3) is 0.812. The molecule has 1 aliphatic heterocycles. The molecular weight excluding hydrogens is 240 g/mol. The molecule has 0 radical (unpaired) electrons. The molecule has 3 heteroatoms. The van der Waals surface area contributed by atoms with E-state index >= 15 is 0 Å². The van der Waals surface area contributed by atoms with Crippen LogP contribution in [0.3, 0.4) is 0 Å². The van der Waals surface area contributed by atoms with Crippen molar-refractivity contribution in [2.75, 3.05) is 13.2 Å². The molecule has 0 unspecified atom stereocenters. The summed E-state index contributed by atoms with van der Waals surface area (Å²) in [7, 11) is 0. The van der Waals surface area contributed by atoms with Gasteiger partial charge < -0.3 is 9.47 Å². The molecule has 0 N–H and O–H groups in total. The molecule has 0 saturated carbocycles. The van der Waals surface area contributed by atoms with Gasteiger partial charge in [-0.25, -0.2) is 0 Å². The van der Waals surface area contributed by atoms with Crippen molar-refractivity contribution in [2.45, 2.75) is 47.1 Å². The second kappa shape index (κ2) is 5.28. The van der Waals surface area contributed by atoms with E-state index in [2.05, 4.69) is 33.8 Å². The maximum absolute atomic E-state index is 11.2. The van der Waals surface area contributed by atoms with Gasteiger partial charge in [0.2, 0.25) is 0 Å². The second-order valence-corrected chi connectivity index (χ2v) is 6.28. The maximum atomic E-state index is 11.2. The lowest BCUT2D eigenvalue weighted by Crippen LogP contribution is -2.56. The second-order valence-electron chi connectivity index (χ2n) is 6.28. The van der Waals surface area contributed by atoms with Crippen molar-refractivity contribution in [1.82, 2.24) is 0 Å². The van der Waals surface area contributed by atoms with Crippen LogP contribution in [0.25, 0.3) is 0 Å². The fourth-order valence-electron chi connectivity index (χ4n) is 3.99. The summed E-state index contributed by atoms with van der Waals surface area (Å²) in [5.41, 5.74) is 1.38. The number of hydrogen-bond acceptors (Lipinski definition) is 3. The molecule has 2 rings (SSSR count). The Hall–Kier alpha value is -0.830. The van der Waals surface area contributed by atoms with Crippen LogP contribution in [0.15, 0.2) is 11.6 Å². The van der Waals surface area contributed by atoms with Gasteiger partial charge in [-0.1, -0.05) is 32.4 Å². The number of allylic oxidation sites excluding steroid dienone is 1. The molecule has 1 saturated heterocycles. The van der Waals surface area contributed by atoms with E-state index < -0.39 is 0 Å². The molecule has 1 fully saturated rings. The number of carbonyl (C=O) groups is 1. The topological polar surface area (TPSA) is 35.5 Å². The summed E-state index contributed by atoms with van der Waals surface area (Å²) in [5, 5.41) is 0. The van der Waals surface area contributed by atoms with Crippen LogP contribution < -0.4 is 0 Å². The summed E-state index contributed by atoms with van der Waals surface area (Å²) in [6.45, 7) is 11.6. The average molecular weight is 266 g/mol. The molecule has 0 amide bonds. The predicted molar refractivity (Wildman–Crippen MR) is 74.7 cm³/mol. The van der Waals surface area contributed by atoms with Gasteiger partial charge >= 0.3 is 5.97 Å². The molecule has 108 valence electrons. The molecule has 1 heterocycles. The van der Waals surface area contributed by atoms with Gasteiger partial charge in [-0.3, -0.25) is 4.79 Å². The van der Waals surface area contributed by atoms with E-state index in [-0.39, 0.29) is 11.4 Å². The molecule has 0 aromatic carbocycles. The first-order chi connectivity index (χ1) is 8.92. The number of carbonyl (C=O) groups excluding carboxylic acids is 1. The lowest BCUT2D eigenvalue weighted by atomic mass is 9.56. The van der Waals surface area contributed by atoms with Crippen LogP contribution in [-0.4, -0.2) is 25.3 Å². The Bertz CT molecular complexity index is 387. The van der Waals surface area contributed by atoms with Gasteiger partial charge in [-0.05, 0) is 25.2 Å². The predicted octanol–water partition coefficient (Wildman–Crippen LogP) is 3.19. The molecule has 0 aromatic heterocycles. The van der Waals surface area contributed by atoms with Gasteiger partial charge in [0.05, 0.1) is 19.3 Å². The minimum atomic E-state index is -0.200. The Morgan fingerprint density at radius 2 is 2.21 bits per heavy atom. The number of hydrogen-bond donors (Lipinski definition) is 0. The molecule has 2 aliphatic rings. The lowest BCUT2D eigenvalue weighted by molar-refractivity contribution is -0.179. The third-order valence-electron chi connectivity index (χ3n) is 5.30. The molecule has 19 heavy (non-hydrogen) atoms. The van der Waals surface area contributed by atoms with E-state index in [1.165, 1.54) is 12.5 Å². The third kappa shape index (κ3) is 2.33. The molecule has 1 aliphatic carbocycles. The highest BCUT2D eigenvalue weighted by molar-refractivity contribution is 5.65. The van der Waals surface area contributed by atoms with Crippen LogP contribution in [0.5, 0.6) is 0 Å². The molecule has 0 spiro atoms. The lowest BCUT2D eigenvalue weighted by Gasteiger charge is -2.55. The highest BCUT2D eigenvalue weighted by Gasteiger charge is 2.53. The first-order valence-corrected chi connectivity index (χ1v) is 7.35. The molecule has 3 nitrogen and oxygen atoms in total. The largest absolute Gasteiger partial charge is 0.465 e.